The van der Waals surface area contributed by atoms with Crippen LogP contribution in [-0.4, -0.2) is 46.4 Å². The van der Waals surface area contributed by atoms with Crippen molar-refractivity contribution in [1.29, 1.82) is 0 Å². The Bertz CT molecular complexity index is 483. The van der Waals surface area contributed by atoms with Gasteiger partial charge in [0, 0.05) is 0 Å². The number of esters is 1. The van der Waals surface area contributed by atoms with Crippen molar-refractivity contribution in [2.75, 3.05) is 6.61 Å². The van der Waals surface area contributed by atoms with Gasteiger partial charge in [0.2, 0.25) is 0 Å². The molecule has 0 aliphatic heterocycles. The summed E-state index contributed by atoms with van der Waals surface area (Å²) in [5.74, 6) is -20.0. The largest absolute Gasteiger partial charge is 0.465 e. The van der Waals surface area contributed by atoms with E-state index in [0.717, 1.165) is 6.92 Å². The van der Waals surface area contributed by atoms with Gasteiger partial charge in [-0.05, 0) is 13.8 Å². The second-order valence-corrected chi connectivity index (χ2v) is 7.15. The van der Waals surface area contributed by atoms with Crippen LogP contribution in [0.2, 0.25) is 0 Å². The van der Waals surface area contributed by atoms with E-state index in [1.165, 1.54) is 0 Å². The van der Waals surface area contributed by atoms with E-state index in [4.69, 9.17) is 0 Å². The third kappa shape index (κ3) is 4.59. The second kappa shape index (κ2) is 7.21. The average Bonchev–Trinajstić information content (AvgIpc) is 2.35. The number of hydrogen-bond donors (Lipinski definition) is 0. The Kier molecular flexibility index (Phi) is 7.05. The molecule has 0 aromatic carbocycles. The predicted molar refractivity (Wildman–Crippen MR) is 69.4 cm³/mol. The molecule has 0 fully saturated rings. The second-order valence-electron chi connectivity index (χ2n) is 4.91. The van der Waals surface area contributed by atoms with Crippen molar-refractivity contribution in [2.45, 2.75) is 47.6 Å². The first-order valence-corrected chi connectivity index (χ1v) is 7.23. The molecule has 0 heterocycles. The Morgan fingerprint density at radius 2 is 1.40 bits per heavy atom. The molecule has 3 atom stereocenters. The molecule has 14 heteroatoms. The van der Waals surface area contributed by atoms with Gasteiger partial charge in [0.1, 0.15) is 9.34 Å². The number of alkyl halides is 12. The molecule has 0 bridgehead atoms. The smallest absolute Gasteiger partial charge is 0.459 e. The fourth-order valence-corrected chi connectivity index (χ4v) is 2.54. The minimum atomic E-state index is -7.11. The molecule has 0 aromatic heterocycles. The van der Waals surface area contributed by atoms with Crippen molar-refractivity contribution in [3.05, 3.63) is 0 Å². The van der Waals surface area contributed by atoms with E-state index in [-0.39, 0.29) is 6.92 Å². The topological polar surface area (TPSA) is 26.3 Å². The van der Waals surface area contributed by atoms with Crippen LogP contribution < -0.4 is 0 Å². The van der Waals surface area contributed by atoms with Gasteiger partial charge in [0.15, 0.2) is 6.17 Å². The Labute approximate surface area is 147 Å². The molecule has 3 unspecified atom stereocenters. The molecule has 0 rings (SSSR count). The molecule has 0 saturated carbocycles. The first-order valence-electron chi connectivity index (χ1n) is 6.15. The van der Waals surface area contributed by atoms with Crippen LogP contribution in [0.1, 0.15) is 13.8 Å². The first kappa shape index (κ1) is 24.4. The monoisotopic (exact) mass is 510 g/mol. The van der Waals surface area contributed by atoms with E-state index in [1.54, 1.807) is 0 Å². The Hall–Kier alpha value is -0.570. The molecule has 0 N–H and O–H groups in total. The summed E-state index contributed by atoms with van der Waals surface area (Å²) in [6.07, 6.45) is -18.2. The summed E-state index contributed by atoms with van der Waals surface area (Å²) >= 11 is 0.523. The number of hydrogen-bond acceptors (Lipinski definition) is 2. The highest BCUT2D eigenvalue weighted by Gasteiger charge is 2.79. The Balaban J connectivity index is 6.23. The normalized spacial score (nSPS) is 19.1. The van der Waals surface area contributed by atoms with E-state index in [2.05, 4.69) is 4.74 Å². The molecular weight excluding hydrogens is 500 g/mol. The van der Waals surface area contributed by atoms with Gasteiger partial charge in [0.25, 0.3) is 0 Å². The van der Waals surface area contributed by atoms with Gasteiger partial charge >= 0.3 is 30.2 Å². The average molecular weight is 510 g/mol. The van der Waals surface area contributed by atoms with Crippen LogP contribution in [0.15, 0.2) is 0 Å². The number of ether oxygens (including phenoxy) is 1. The lowest BCUT2D eigenvalue weighted by Crippen LogP contribution is -2.63. The summed E-state index contributed by atoms with van der Waals surface area (Å²) in [4.78, 5) is 11.5. The van der Waals surface area contributed by atoms with Crippen molar-refractivity contribution >= 4 is 28.6 Å². The van der Waals surface area contributed by atoms with Crippen LogP contribution in [0.25, 0.3) is 0 Å². The van der Waals surface area contributed by atoms with Crippen molar-refractivity contribution in [2.24, 2.45) is 5.92 Å². The zero-order valence-electron chi connectivity index (χ0n) is 12.2. The summed E-state index contributed by atoms with van der Waals surface area (Å²) in [6, 6.07) is 0. The van der Waals surface area contributed by atoms with Crippen LogP contribution in [0.4, 0.5) is 48.3 Å². The quantitative estimate of drug-likeness (QED) is 0.216. The van der Waals surface area contributed by atoms with Crippen molar-refractivity contribution in [3.8, 4) is 0 Å². The minimum absolute atomic E-state index is 0.234. The van der Waals surface area contributed by atoms with E-state index in [1.807, 2.05) is 0 Å². The highest BCUT2D eigenvalue weighted by Crippen LogP contribution is 2.55. The summed E-state index contributed by atoms with van der Waals surface area (Å²) < 4.78 is 142. The molecule has 2 nitrogen and oxygen atoms in total. The standard InChI is InChI=1S/C11H10F11IO2/c1-3-25-6(24)7(2,23)4(9(15,16)17)5(12)8(13,14)10(18,19)11(20,21)22/h4-5H,3H2,1-2H3. The van der Waals surface area contributed by atoms with Gasteiger partial charge in [-0.1, -0.05) is 22.6 Å². The van der Waals surface area contributed by atoms with Crippen molar-refractivity contribution < 1.29 is 57.8 Å². The highest BCUT2D eigenvalue weighted by atomic mass is 127. The van der Waals surface area contributed by atoms with Crippen LogP contribution in [-0.2, 0) is 9.53 Å². The number of rotatable bonds is 6. The van der Waals surface area contributed by atoms with E-state index >= 15 is 0 Å². The van der Waals surface area contributed by atoms with Gasteiger partial charge in [-0.3, -0.25) is 4.79 Å². The van der Waals surface area contributed by atoms with Crippen LogP contribution >= 0.6 is 22.6 Å². The zero-order chi connectivity index (χ0) is 20.6. The third-order valence-corrected chi connectivity index (χ3v) is 4.14. The Morgan fingerprint density at radius 1 is 1.00 bits per heavy atom. The van der Waals surface area contributed by atoms with E-state index in [0.29, 0.717) is 22.6 Å². The first-order chi connectivity index (χ1) is 10.8. The maximum atomic E-state index is 13.8. The van der Waals surface area contributed by atoms with Crippen LogP contribution in [0.3, 0.4) is 0 Å². The lowest BCUT2D eigenvalue weighted by Gasteiger charge is -2.39. The molecule has 0 aliphatic rings. The van der Waals surface area contributed by atoms with E-state index in [9.17, 15) is 53.1 Å². The SMILES string of the molecule is CCOC(=O)C(C)(I)C(C(F)C(F)(F)C(F)(F)C(F)(F)F)C(F)(F)F. The predicted octanol–water partition coefficient (Wildman–Crippen LogP) is 5.09. The molecule has 0 amide bonds. The van der Waals surface area contributed by atoms with Crippen molar-refractivity contribution in [3.63, 3.8) is 0 Å². The van der Waals surface area contributed by atoms with Gasteiger partial charge in [-0.15, -0.1) is 0 Å². The maximum Gasteiger partial charge on any atom is 0.459 e. The van der Waals surface area contributed by atoms with Crippen molar-refractivity contribution in [1.82, 2.24) is 0 Å². The number of carbonyl (C=O) groups excluding carboxylic acids is 1. The van der Waals surface area contributed by atoms with Gasteiger partial charge in [-0.25, -0.2) is 4.39 Å². The summed E-state index contributed by atoms with van der Waals surface area (Å²) in [7, 11) is 0. The number of carbonyl (C=O) groups is 1. The highest BCUT2D eigenvalue weighted by molar-refractivity contribution is 14.1. The molecule has 0 aromatic rings. The molecule has 0 saturated heterocycles. The molecule has 25 heavy (non-hydrogen) atoms. The van der Waals surface area contributed by atoms with Gasteiger partial charge in [0.05, 0.1) is 6.61 Å². The fourth-order valence-electron chi connectivity index (χ4n) is 1.72. The minimum Gasteiger partial charge on any atom is -0.465 e. The fraction of sp³-hybridized carbons (Fsp3) is 0.909. The lowest BCUT2D eigenvalue weighted by atomic mass is 9.84. The molecule has 0 spiro atoms. The molecule has 0 aliphatic carbocycles. The summed E-state index contributed by atoms with van der Waals surface area (Å²) in [5.41, 5.74) is 0. The summed E-state index contributed by atoms with van der Waals surface area (Å²) in [6.45, 7) is 0.749. The number of halogens is 12. The molecule has 0 radical (unpaired) electrons. The third-order valence-electron chi connectivity index (χ3n) is 3.02. The Morgan fingerprint density at radius 3 is 1.68 bits per heavy atom. The van der Waals surface area contributed by atoms with Gasteiger partial charge in [-0.2, -0.15) is 43.9 Å². The molecular formula is C11H10F11IO2. The zero-order valence-corrected chi connectivity index (χ0v) is 14.4. The van der Waals surface area contributed by atoms with Crippen LogP contribution in [0, 0.1) is 5.92 Å². The lowest BCUT2D eigenvalue weighted by molar-refractivity contribution is -0.375. The van der Waals surface area contributed by atoms with E-state index < -0.39 is 52.3 Å². The van der Waals surface area contributed by atoms with Crippen LogP contribution in [0.5, 0.6) is 0 Å². The maximum absolute atomic E-state index is 13.8. The summed E-state index contributed by atoms with van der Waals surface area (Å²) in [5, 5.41) is 0. The molecule has 150 valence electrons. The van der Waals surface area contributed by atoms with Gasteiger partial charge < -0.3 is 4.74 Å².